The van der Waals surface area contributed by atoms with Crippen molar-refractivity contribution in [3.05, 3.63) is 84.4 Å². The second-order valence-corrected chi connectivity index (χ2v) is 4.54. The first-order chi connectivity index (χ1) is 10.9. The molecule has 158 valence electrons. The van der Waals surface area contributed by atoms with Gasteiger partial charge in [0.05, 0.1) is 35.2 Å². The molecule has 0 spiro atoms. The molecule has 0 fully saturated rings. The summed E-state index contributed by atoms with van der Waals surface area (Å²) in [5.74, 6) is 0. The van der Waals surface area contributed by atoms with Gasteiger partial charge in [0.15, 0.2) is 0 Å². The van der Waals surface area contributed by atoms with Crippen LogP contribution in [0.25, 0.3) is 0 Å². The number of aromatic nitrogens is 2. The third kappa shape index (κ3) is 11.8. The Bertz CT molecular complexity index is 721. The van der Waals surface area contributed by atoms with E-state index in [0.29, 0.717) is 0 Å². The maximum Gasteiger partial charge on any atom is 0.0812 e. The topological polar surface area (TPSA) is 50.5 Å². The van der Waals surface area contributed by atoms with Gasteiger partial charge in [-0.2, -0.15) is 0 Å². The summed E-state index contributed by atoms with van der Waals surface area (Å²) < 4.78 is 0. The van der Waals surface area contributed by atoms with Crippen molar-refractivity contribution < 1.29 is 33.0 Å². The monoisotopic (exact) mass is 546 g/mol. The fraction of sp³-hybridized carbons (Fsp3) is 0. The van der Waals surface area contributed by atoms with Gasteiger partial charge in [-0.25, -0.2) is 0 Å². The molecule has 28 heavy (non-hydrogen) atoms. The predicted octanol–water partition coefficient (Wildman–Crippen LogP) is 5.66. The fourth-order valence-corrected chi connectivity index (χ4v) is 1.81. The average Bonchev–Trinajstić information content (AvgIpc) is 2.61. The number of nitrogens with zero attached hydrogens (tertiary/aromatic N) is 4. The van der Waals surface area contributed by atoms with Crippen LogP contribution in [0, 0.1) is 0 Å². The number of pyridine rings is 2. The van der Waals surface area contributed by atoms with Crippen molar-refractivity contribution in [1.29, 1.82) is 0 Å². The van der Waals surface area contributed by atoms with Gasteiger partial charge in [-0.1, -0.05) is 12.1 Å². The van der Waals surface area contributed by atoms with Crippen molar-refractivity contribution in [3.63, 3.8) is 0 Å². The zero-order valence-electron chi connectivity index (χ0n) is 14.1. The van der Waals surface area contributed by atoms with Crippen molar-refractivity contribution in [2.24, 2.45) is 9.98 Å². The Morgan fingerprint density at radius 3 is 1.18 bits per heavy atom. The van der Waals surface area contributed by atoms with E-state index in [1.54, 1.807) is 24.8 Å². The molecule has 3 aromatic rings. The molecule has 0 saturated heterocycles. The SMILES string of the molecule is C(=Nc1ccc(N=Cc2ccccn2)cc1)c1ccccn1.Cl.Cl.Cl.Cl.[Ni].[Ni]. The summed E-state index contributed by atoms with van der Waals surface area (Å²) in [6.07, 6.45) is 6.98. The number of rotatable bonds is 4. The van der Waals surface area contributed by atoms with E-state index in [1.807, 2.05) is 60.7 Å². The molecule has 0 aliphatic carbocycles. The second kappa shape index (κ2) is 19.3. The van der Waals surface area contributed by atoms with Crippen LogP contribution in [0.4, 0.5) is 11.4 Å². The largest absolute Gasteiger partial charge is 0.255 e. The normalized spacial score (nSPS) is 8.86. The van der Waals surface area contributed by atoms with Gasteiger partial charge in [-0.3, -0.25) is 20.0 Å². The van der Waals surface area contributed by atoms with E-state index < -0.39 is 0 Å². The van der Waals surface area contributed by atoms with Crippen LogP contribution in [-0.4, -0.2) is 22.4 Å². The Hall–Kier alpha value is -0.993. The van der Waals surface area contributed by atoms with Gasteiger partial charge in [0, 0.05) is 45.4 Å². The van der Waals surface area contributed by atoms with E-state index in [2.05, 4.69) is 20.0 Å². The second-order valence-electron chi connectivity index (χ2n) is 4.54. The minimum Gasteiger partial charge on any atom is -0.255 e. The quantitative estimate of drug-likeness (QED) is 0.312. The van der Waals surface area contributed by atoms with E-state index in [4.69, 9.17) is 0 Å². The average molecular weight is 550 g/mol. The number of hydrogen-bond donors (Lipinski definition) is 0. The van der Waals surface area contributed by atoms with Crippen molar-refractivity contribution in [3.8, 4) is 0 Å². The van der Waals surface area contributed by atoms with Crippen molar-refractivity contribution in [2.45, 2.75) is 0 Å². The van der Waals surface area contributed by atoms with Crippen LogP contribution in [0.2, 0.25) is 0 Å². The summed E-state index contributed by atoms with van der Waals surface area (Å²) >= 11 is 0. The first-order valence-corrected chi connectivity index (χ1v) is 6.90. The molecule has 3 rings (SSSR count). The molecule has 10 heteroatoms. The maximum absolute atomic E-state index is 4.38. The van der Waals surface area contributed by atoms with Gasteiger partial charge in [0.1, 0.15) is 0 Å². The summed E-state index contributed by atoms with van der Waals surface area (Å²) in [7, 11) is 0. The standard InChI is InChI=1S/C18H14N4.4ClH.2Ni/c1-3-11-19-17(5-1)13-21-15-7-9-16(10-8-15)22-14-18-6-2-4-12-20-18;;;;;;/h1-14H;4*1H;;. The van der Waals surface area contributed by atoms with Gasteiger partial charge in [0.2, 0.25) is 0 Å². The zero-order valence-corrected chi connectivity index (χ0v) is 19.4. The van der Waals surface area contributed by atoms with Gasteiger partial charge in [0.25, 0.3) is 0 Å². The first-order valence-electron chi connectivity index (χ1n) is 6.90. The molecule has 0 N–H and O–H groups in total. The van der Waals surface area contributed by atoms with Crippen LogP contribution < -0.4 is 0 Å². The Kier molecular flexibility index (Phi) is 23.8. The molecule has 4 nitrogen and oxygen atoms in total. The molecule has 0 atom stereocenters. The van der Waals surface area contributed by atoms with Crippen LogP contribution in [0.5, 0.6) is 0 Å². The molecule has 0 unspecified atom stereocenters. The van der Waals surface area contributed by atoms with Crippen molar-refractivity contribution >= 4 is 73.4 Å². The van der Waals surface area contributed by atoms with Crippen LogP contribution in [0.15, 0.2) is 83.0 Å². The summed E-state index contributed by atoms with van der Waals surface area (Å²) in [6.45, 7) is 0. The Morgan fingerprint density at radius 2 is 0.893 bits per heavy atom. The van der Waals surface area contributed by atoms with E-state index >= 15 is 0 Å². The van der Waals surface area contributed by atoms with Gasteiger partial charge >= 0.3 is 0 Å². The smallest absolute Gasteiger partial charge is 0.0812 e. The summed E-state index contributed by atoms with van der Waals surface area (Å²) in [4.78, 5) is 17.2. The molecular formula is C18H18Cl4N4Ni2. The van der Waals surface area contributed by atoms with Crippen LogP contribution in [0.3, 0.4) is 0 Å². The van der Waals surface area contributed by atoms with Gasteiger partial charge < -0.3 is 0 Å². The molecule has 0 radical (unpaired) electrons. The zero-order chi connectivity index (χ0) is 15.0. The Labute approximate surface area is 209 Å². The molecule has 1 aromatic carbocycles. The molecular weight excluding hydrogens is 531 g/mol. The minimum atomic E-state index is 0. The van der Waals surface area contributed by atoms with Crippen LogP contribution in [-0.2, 0) is 33.0 Å². The number of halogens is 4. The van der Waals surface area contributed by atoms with E-state index in [0.717, 1.165) is 22.8 Å². The van der Waals surface area contributed by atoms with Gasteiger partial charge in [-0.15, -0.1) is 49.6 Å². The molecule has 0 amide bonds. The van der Waals surface area contributed by atoms with Crippen LogP contribution in [0.1, 0.15) is 11.4 Å². The molecule has 0 saturated carbocycles. The number of benzene rings is 1. The van der Waals surface area contributed by atoms with Gasteiger partial charge in [-0.05, 0) is 48.5 Å². The summed E-state index contributed by atoms with van der Waals surface area (Å²) in [5, 5.41) is 0. The Balaban J connectivity index is -0.000000480. The maximum atomic E-state index is 4.38. The molecule has 2 heterocycles. The van der Waals surface area contributed by atoms with Crippen molar-refractivity contribution in [2.75, 3.05) is 0 Å². The molecule has 0 aliphatic rings. The predicted molar refractivity (Wildman–Crippen MR) is 118 cm³/mol. The summed E-state index contributed by atoms with van der Waals surface area (Å²) in [6, 6.07) is 19.1. The van der Waals surface area contributed by atoms with Crippen molar-refractivity contribution in [1.82, 2.24) is 9.97 Å². The number of hydrogen-bond acceptors (Lipinski definition) is 4. The van der Waals surface area contributed by atoms with E-state index in [9.17, 15) is 0 Å². The minimum absolute atomic E-state index is 0. The molecule has 0 aliphatic heterocycles. The summed E-state index contributed by atoms with van der Waals surface area (Å²) in [5.41, 5.74) is 3.39. The van der Waals surface area contributed by atoms with E-state index in [-0.39, 0.29) is 82.6 Å². The van der Waals surface area contributed by atoms with Crippen LogP contribution >= 0.6 is 49.6 Å². The Morgan fingerprint density at radius 1 is 0.536 bits per heavy atom. The molecule has 0 bridgehead atoms. The first kappa shape index (κ1) is 34.5. The molecule has 2 aromatic heterocycles. The number of aliphatic imine (C=N–C) groups is 2. The van der Waals surface area contributed by atoms with E-state index in [1.165, 1.54) is 0 Å². The third-order valence-corrected chi connectivity index (χ3v) is 2.92. The fourth-order valence-electron chi connectivity index (χ4n) is 1.81. The third-order valence-electron chi connectivity index (χ3n) is 2.92.